The second-order valence-corrected chi connectivity index (χ2v) is 7.18. The van der Waals surface area contributed by atoms with Crippen molar-refractivity contribution in [2.75, 3.05) is 6.54 Å². The highest BCUT2D eigenvalue weighted by atomic mass is 16.5. The van der Waals surface area contributed by atoms with E-state index in [9.17, 15) is 19.2 Å². The molecule has 2 amide bonds. The molecule has 2 aromatic rings. The normalized spacial score (nSPS) is 11.1. The number of carbonyl (C=O) groups is 4. The van der Waals surface area contributed by atoms with Gasteiger partial charge in [0.25, 0.3) is 0 Å². The number of ether oxygens (including phenoxy) is 1. The van der Waals surface area contributed by atoms with Gasteiger partial charge in [-0.15, -0.1) is 0 Å². The molecule has 0 spiro atoms. The van der Waals surface area contributed by atoms with Crippen LogP contribution in [0.4, 0.5) is 0 Å². The van der Waals surface area contributed by atoms with Gasteiger partial charge in [0, 0.05) is 30.4 Å². The van der Waals surface area contributed by atoms with Gasteiger partial charge in [0.15, 0.2) is 5.78 Å². The van der Waals surface area contributed by atoms with E-state index >= 15 is 0 Å². The molecule has 0 bridgehead atoms. The third-order valence-electron chi connectivity index (χ3n) is 4.11. The van der Waals surface area contributed by atoms with E-state index in [0.29, 0.717) is 6.21 Å². The number of Topliss-reactive ketones (excluding diaryl/α,β-unsaturated/α-hetero) is 1. The molecule has 1 unspecified atom stereocenters. The Hall–Kier alpha value is -3.49. The van der Waals surface area contributed by atoms with Gasteiger partial charge in [0.2, 0.25) is 11.8 Å². The third kappa shape index (κ3) is 9.70. The van der Waals surface area contributed by atoms with Crippen LogP contribution < -0.4 is 10.6 Å². The standard InChI is InChI=1S/C13H21N3O5.C9H9N/c1-8(2)21-13(20)11(5-4-10(18)6-14)16-12(19)7-15-9(3)17;1-7-6-10-9-5-3-2-4-8(7)9/h6,8,11,14H,4-5,7H2,1-3H3,(H,15,17)(H,16,19);2-6,10H,1H3. The first-order valence-electron chi connectivity index (χ1n) is 9.94. The summed E-state index contributed by atoms with van der Waals surface area (Å²) in [6.07, 6.45) is 2.31. The van der Waals surface area contributed by atoms with Crippen LogP contribution in [0.2, 0.25) is 0 Å². The summed E-state index contributed by atoms with van der Waals surface area (Å²) in [6.45, 7) is 6.44. The van der Waals surface area contributed by atoms with E-state index in [1.54, 1.807) is 13.8 Å². The van der Waals surface area contributed by atoms with Crippen LogP contribution in [0.1, 0.15) is 39.2 Å². The number of aromatic amines is 1. The summed E-state index contributed by atoms with van der Waals surface area (Å²) < 4.78 is 5.00. The number of rotatable bonds is 9. The monoisotopic (exact) mass is 430 g/mol. The SMILES string of the molecule is CC(=O)NCC(=O)NC(CCC(=O)C=N)C(=O)OC(C)C.Cc1c[nH]c2ccccc12. The molecule has 168 valence electrons. The number of benzene rings is 1. The number of aromatic nitrogens is 1. The predicted octanol–water partition coefficient (Wildman–Crippen LogP) is 2.03. The van der Waals surface area contributed by atoms with E-state index < -0.39 is 23.7 Å². The molecule has 0 radical (unpaired) electrons. The molecule has 9 heteroatoms. The highest BCUT2D eigenvalue weighted by Crippen LogP contribution is 2.15. The smallest absolute Gasteiger partial charge is 0.328 e. The van der Waals surface area contributed by atoms with Gasteiger partial charge in [-0.25, -0.2) is 4.79 Å². The van der Waals surface area contributed by atoms with E-state index in [0.717, 1.165) is 0 Å². The number of aryl methyl sites for hydroxylation is 1. The Morgan fingerprint density at radius 1 is 1.19 bits per heavy atom. The van der Waals surface area contributed by atoms with Gasteiger partial charge < -0.3 is 25.8 Å². The molecule has 1 aromatic heterocycles. The van der Waals surface area contributed by atoms with E-state index in [1.165, 1.54) is 23.4 Å². The Labute approximate surface area is 181 Å². The zero-order chi connectivity index (χ0) is 23.4. The van der Waals surface area contributed by atoms with Gasteiger partial charge in [-0.1, -0.05) is 18.2 Å². The van der Waals surface area contributed by atoms with Gasteiger partial charge >= 0.3 is 5.97 Å². The maximum Gasteiger partial charge on any atom is 0.328 e. The molecule has 0 aliphatic carbocycles. The lowest BCUT2D eigenvalue weighted by Crippen LogP contribution is -2.46. The van der Waals surface area contributed by atoms with Crippen molar-refractivity contribution in [1.29, 1.82) is 5.41 Å². The van der Waals surface area contributed by atoms with Gasteiger partial charge in [0.05, 0.1) is 18.9 Å². The second kappa shape index (κ2) is 12.9. The summed E-state index contributed by atoms with van der Waals surface area (Å²) in [5.74, 6) is -2.03. The van der Waals surface area contributed by atoms with E-state index in [-0.39, 0.29) is 31.4 Å². The van der Waals surface area contributed by atoms with E-state index in [4.69, 9.17) is 10.1 Å². The van der Waals surface area contributed by atoms with Crippen molar-refractivity contribution in [2.45, 2.75) is 52.7 Å². The molecule has 0 fully saturated rings. The number of H-pyrrole nitrogens is 1. The fourth-order valence-corrected chi connectivity index (χ4v) is 2.59. The van der Waals surface area contributed by atoms with Gasteiger partial charge in [-0.05, 0) is 38.8 Å². The highest BCUT2D eigenvalue weighted by molar-refractivity contribution is 6.26. The minimum absolute atomic E-state index is 0.0333. The number of ketones is 1. The number of amides is 2. The molecule has 2 rings (SSSR count). The number of nitrogens with one attached hydrogen (secondary N) is 4. The van der Waals surface area contributed by atoms with Crippen LogP contribution >= 0.6 is 0 Å². The maximum atomic E-state index is 11.8. The van der Waals surface area contributed by atoms with Crippen molar-refractivity contribution in [3.05, 3.63) is 36.0 Å². The number of esters is 1. The summed E-state index contributed by atoms with van der Waals surface area (Å²) in [6, 6.07) is 7.32. The van der Waals surface area contributed by atoms with Gasteiger partial charge in [0.1, 0.15) is 6.04 Å². The lowest BCUT2D eigenvalue weighted by atomic mass is 10.1. The molecule has 1 heterocycles. The molecule has 4 N–H and O–H groups in total. The molecule has 0 aliphatic rings. The minimum Gasteiger partial charge on any atom is -0.461 e. The van der Waals surface area contributed by atoms with Crippen LogP contribution in [0.25, 0.3) is 10.9 Å². The Kier molecular flexibility index (Phi) is 10.7. The number of para-hydroxylation sites is 1. The number of fused-ring (bicyclic) bond motifs is 1. The van der Waals surface area contributed by atoms with Crippen LogP contribution in [0, 0.1) is 12.3 Å². The highest BCUT2D eigenvalue weighted by Gasteiger charge is 2.23. The predicted molar refractivity (Wildman–Crippen MR) is 118 cm³/mol. The first-order chi connectivity index (χ1) is 14.6. The molecule has 1 aromatic carbocycles. The number of hydrogen-bond acceptors (Lipinski definition) is 6. The molecule has 0 aliphatic heterocycles. The van der Waals surface area contributed by atoms with Crippen LogP contribution in [-0.4, -0.2) is 53.5 Å². The second-order valence-electron chi connectivity index (χ2n) is 7.18. The molecule has 31 heavy (non-hydrogen) atoms. The van der Waals surface area contributed by atoms with E-state index in [2.05, 4.69) is 40.7 Å². The Morgan fingerprint density at radius 2 is 1.87 bits per heavy atom. The molecule has 0 saturated carbocycles. The first-order valence-corrected chi connectivity index (χ1v) is 9.94. The van der Waals surface area contributed by atoms with Crippen LogP contribution in [0.3, 0.4) is 0 Å². The Morgan fingerprint density at radius 3 is 2.45 bits per heavy atom. The van der Waals surface area contributed by atoms with E-state index in [1.807, 2.05) is 12.3 Å². The quantitative estimate of drug-likeness (QED) is 0.356. The van der Waals surface area contributed by atoms with Crippen molar-refractivity contribution < 1.29 is 23.9 Å². The molecular weight excluding hydrogens is 400 g/mol. The Balaban J connectivity index is 0.000000391. The summed E-state index contributed by atoms with van der Waals surface area (Å²) in [5, 5.41) is 12.8. The van der Waals surface area contributed by atoms with Gasteiger partial charge in [-0.3, -0.25) is 14.4 Å². The van der Waals surface area contributed by atoms with Crippen molar-refractivity contribution in [3.63, 3.8) is 0 Å². The fourth-order valence-electron chi connectivity index (χ4n) is 2.59. The first kappa shape index (κ1) is 25.5. The largest absolute Gasteiger partial charge is 0.461 e. The molecule has 9 nitrogen and oxygen atoms in total. The van der Waals surface area contributed by atoms with Crippen LogP contribution in [0.15, 0.2) is 30.5 Å². The summed E-state index contributed by atoms with van der Waals surface area (Å²) in [4.78, 5) is 48.4. The summed E-state index contributed by atoms with van der Waals surface area (Å²) >= 11 is 0. The van der Waals surface area contributed by atoms with Gasteiger partial charge in [-0.2, -0.15) is 0 Å². The zero-order valence-corrected chi connectivity index (χ0v) is 18.3. The number of carbonyl (C=O) groups excluding carboxylic acids is 4. The maximum absolute atomic E-state index is 11.8. The Bertz CT molecular complexity index is 920. The fraction of sp³-hybridized carbons (Fsp3) is 0.409. The topological polar surface area (TPSA) is 141 Å². The average Bonchev–Trinajstić information content (AvgIpc) is 3.10. The third-order valence-corrected chi connectivity index (χ3v) is 4.11. The van der Waals surface area contributed by atoms with Crippen molar-refractivity contribution in [2.24, 2.45) is 0 Å². The summed E-state index contributed by atoms with van der Waals surface area (Å²) in [5.41, 5.74) is 2.54. The lowest BCUT2D eigenvalue weighted by Gasteiger charge is -2.18. The molecule has 0 saturated heterocycles. The average molecular weight is 431 g/mol. The lowest BCUT2D eigenvalue weighted by molar-refractivity contribution is -0.151. The minimum atomic E-state index is -0.988. The van der Waals surface area contributed by atoms with Crippen molar-refractivity contribution in [1.82, 2.24) is 15.6 Å². The summed E-state index contributed by atoms with van der Waals surface area (Å²) in [7, 11) is 0. The molecule has 1 atom stereocenters. The molecular formula is C22H30N4O5. The van der Waals surface area contributed by atoms with Crippen LogP contribution in [0.5, 0.6) is 0 Å². The van der Waals surface area contributed by atoms with Crippen molar-refractivity contribution in [3.8, 4) is 0 Å². The van der Waals surface area contributed by atoms with Crippen LogP contribution in [-0.2, 0) is 23.9 Å². The zero-order valence-electron chi connectivity index (χ0n) is 18.3. The van der Waals surface area contributed by atoms with Crippen molar-refractivity contribution >= 4 is 40.7 Å². The number of hydrogen-bond donors (Lipinski definition) is 4.